The molecule has 3 fully saturated rings. The number of aliphatic imine (C=N–C) groups is 1. The molecule has 3 atom stereocenters. The molecule has 8 heteroatoms. The van der Waals surface area contributed by atoms with E-state index >= 15 is 0 Å². The van der Waals surface area contributed by atoms with E-state index in [9.17, 15) is 9.59 Å². The molecule has 2 N–H and O–H groups in total. The lowest BCUT2D eigenvalue weighted by Gasteiger charge is -2.26. The van der Waals surface area contributed by atoms with Crippen molar-refractivity contribution in [3.8, 4) is 0 Å². The Morgan fingerprint density at radius 1 is 1.23 bits per heavy atom. The number of likely N-dealkylation sites (tertiary alicyclic amines) is 2. The van der Waals surface area contributed by atoms with Gasteiger partial charge in [0.2, 0.25) is 5.91 Å². The minimum atomic E-state index is -0.638. The number of carbonyl (C=O) groups is 3. The van der Waals surface area contributed by atoms with Crippen molar-refractivity contribution >= 4 is 24.1 Å². The number of nitrogens with zero attached hydrogens (tertiary/aromatic N) is 3. The Bertz CT molecular complexity index is 837. The van der Waals surface area contributed by atoms with Crippen molar-refractivity contribution in [3.05, 3.63) is 35.9 Å². The fourth-order valence-corrected chi connectivity index (χ4v) is 5.42. The van der Waals surface area contributed by atoms with Crippen LogP contribution in [-0.4, -0.2) is 77.3 Å². The summed E-state index contributed by atoms with van der Waals surface area (Å²) in [6.45, 7) is 3.74. The number of amides is 2. The zero-order valence-corrected chi connectivity index (χ0v) is 17.0. The Morgan fingerprint density at radius 2 is 1.93 bits per heavy atom. The Hall–Kier alpha value is -2.74. The number of rotatable bonds is 3. The van der Waals surface area contributed by atoms with Crippen molar-refractivity contribution in [2.24, 2.45) is 16.8 Å². The van der Waals surface area contributed by atoms with Crippen LogP contribution in [-0.2, 0) is 14.4 Å². The lowest BCUT2D eigenvalue weighted by Crippen LogP contribution is -2.45. The van der Waals surface area contributed by atoms with Gasteiger partial charge in [-0.2, -0.15) is 0 Å². The van der Waals surface area contributed by atoms with Crippen molar-refractivity contribution in [3.63, 3.8) is 0 Å². The van der Waals surface area contributed by atoms with E-state index in [2.05, 4.69) is 10.2 Å². The molecular formula is C22H28N4O4. The molecule has 1 aromatic carbocycles. The molecule has 2 saturated heterocycles. The molecule has 0 unspecified atom stereocenters. The van der Waals surface area contributed by atoms with Crippen LogP contribution >= 0.6 is 0 Å². The predicted molar refractivity (Wildman–Crippen MR) is 111 cm³/mol. The molecule has 5 rings (SSSR count). The molecule has 8 nitrogen and oxygen atoms in total. The van der Waals surface area contributed by atoms with Gasteiger partial charge in [-0.15, -0.1) is 0 Å². The van der Waals surface area contributed by atoms with Crippen LogP contribution in [0.5, 0.6) is 0 Å². The van der Waals surface area contributed by atoms with E-state index in [1.54, 1.807) is 0 Å². The van der Waals surface area contributed by atoms with E-state index in [0.717, 1.165) is 57.4 Å². The average molecular weight is 412 g/mol. The molecule has 0 bridgehead atoms. The molecule has 3 heterocycles. The van der Waals surface area contributed by atoms with Crippen LogP contribution in [0.15, 0.2) is 35.3 Å². The molecule has 1 aromatic rings. The van der Waals surface area contributed by atoms with E-state index in [1.165, 1.54) is 0 Å². The second-order valence-electron chi connectivity index (χ2n) is 8.50. The first-order valence-electron chi connectivity index (χ1n) is 10.6. The Labute approximate surface area is 175 Å². The number of carboxylic acid groups (broad SMARTS) is 1. The van der Waals surface area contributed by atoms with Gasteiger partial charge in [0.1, 0.15) is 11.4 Å². The first-order valence-corrected chi connectivity index (χ1v) is 10.6. The SMILES string of the molecule is O=C(CN1C[C@H]2CC[C@@]3(N=C(c4ccccc4)NC3=O)[C@H]2C1)N1CCCC1.O=CO. The van der Waals surface area contributed by atoms with Crippen molar-refractivity contribution < 1.29 is 19.5 Å². The highest BCUT2D eigenvalue weighted by atomic mass is 16.3. The molecule has 3 aliphatic heterocycles. The number of fused-ring (bicyclic) bond motifs is 2. The van der Waals surface area contributed by atoms with E-state index in [-0.39, 0.29) is 24.2 Å². The third-order valence-corrected chi connectivity index (χ3v) is 6.83. The van der Waals surface area contributed by atoms with Gasteiger partial charge in [-0.25, -0.2) is 0 Å². The Morgan fingerprint density at radius 3 is 2.63 bits per heavy atom. The average Bonchev–Trinajstić information content (AvgIpc) is 3.51. The molecule has 1 spiro atoms. The number of benzene rings is 1. The van der Waals surface area contributed by atoms with Gasteiger partial charge in [-0.1, -0.05) is 30.3 Å². The maximum Gasteiger partial charge on any atom is 0.290 e. The maximum atomic E-state index is 12.9. The minimum absolute atomic E-state index is 0.0431. The lowest BCUT2D eigenvalue weighted by atomic mass is 9.85. The van der Waals surface area contributed by atoms with Gasteiger partial charge in [-0.3, -0.25) is 24.3 Å². The summed E-state index contributed by atoms with van der Waals surface area (Å²) in [5.41, 5.74) is 0.326. The van der Waals surface area contributed by atoms with E-state index in [4.69, 9.17) is 14.9 Å². The molecule has 30 heavy (non-hydrogen) atoms. The van der Waals surface area contributed by atoms with E-state index in [1.807, 2.05) is 35.2 Å². The van der Waals surface area contributed by atoms with Crippen LogP contribution in [0.4, 0.5) is 0 Å². The summed E-state index contributed by atoms with van der Waals surface area (Å²) in [6, 6.07) is 9.87. The van der Waals surface area contributed by atoms with Gasteiger partial charge in [0.25, 0.3) is 12.4 Å². The summed E-state index contributed by atoms with van der Waals surface area (Å²) in [5.74, 6) is 1.66. The molecular weight excluding hydrogens is 384 g/mol. The lowest BCUT2D eigenvalue weighted by molar-refractivity contribution is -0.131. The second-order valence-corrected chi connectivity index (χ2v) is 8.50. The van der Waals surface area contributed by atoms with E-state index < -0.39 is 5.54 Å². The van der Waals surface area contributed by atoms with Crippen LogP contribution in [0.2, 0.25) is 0 Å². The van der Waals surface area contributed by atoms with Crippen molar-refractivity contribution in [2.75, 3.05) is 32.7 Å². The summed E-state index contributed by atoms with van der Waals surface area (Å²) >= 11 is 0. The highest BCUT2D eigenvalue weighted by Crippen LogP contribution is 2.49. The van der Waals surface area contributed by atoms with Crippen LogP contribution < -0.4 is 5.32 Å². The predicted octanol–water partition coefficient (Wildman–Crippen LogP) is 0.967. The molecule has 1 aliphatic carbocycles. The summed E-state index contributed by atoms with van der Waals surface area (Å²) < 4.78 is 0. The Kier molecular flexibility index (Phi) is 5.85. The summed E-state index contributed by atoms with van der Waals surface area (Å²) in [7, 11) is 0. The Balaban J connectivity index is 0.000000687. The maximum absolute atomic E-state index is 12.9. The molecule has 4 aliphatic rings. The number of amidine groups is 1. The first-order chi connectivity index (χ1) is 14.6. The van der Waals surface area contributed by atoms with Gasteiger partial charge in [0, 0.05) is 37.7 Å². The van der Waals surface area contributed by atoms with Crippen LogP contribution in [0.3, 0.4) is 0 Å². The second kappa shape index (κ2) is 8.55. The monoisotopic (exact) mass is 412 g/mol. The fraction of sp³-hybridized carbons (Fsp3) is 0.545. The van der Waals surface area contributed by atoms with Gasteiger partial charge < -0.3 is 15.3 Å². The quantitative estimate of drug-likeness (QED) is 0.720. The van der Waals surface area contributed by atoms with Crippen molar-refractivity contribution in [1.82, 2.24) is 15.1 Å². The van der Waals surface area contributed by atoms with Crippen molar-refractivity contribution in [2.45, 2.75) is 31.2 Å². The number of nitrogens with one attached hydrogen (secondary N) is 1. The fourth-order valence-electron chi connectivity index (χ4n) is 5.42. The molecule has 1 saturated carbocycles. The van der Waals surface area contributed by atoms with Crippen LogP contribution in [0, 0.1) is 11.8 Å². The van der Waals surface area contributed by atoms with Crippen LogP contribution in [0.25, 0.3) is 0 Å². The molecule has 0 radical (unpaired) electrons. The van der Waals surface area contributed by atoms with Crippen molar-refractivity contribution in [1.29, 1.82) is 0 Å². The standard InChI is InChI=1S/C21H26N4O2.CH2O2/c26-18(25-10-4-5-11-25)14-24-12-16-8-9-21(17(16)13-24)20(27)22-19(23-21)15-6-2-1-3-7-15;2-1-3/h1-3,6-7,16-17H,4-5,8-14H2,(H,22,23,27);1H,(H,2,3)/t16-,17+,21-;/m1./s1. The third-order valence-electron chi connectivity index (χ3n) is 6.83. The highest BCUT2D eigenvalue weighted by Gasteiger charge is 2.59. The number of hydrogen-bond donors (Lipinski definition) is 2. The normalized spacial score (nSPS) is 29.9. The largest absolute Gasteiger partial charge is 0.483 e. The summed E-state index contributed by atoms with van der Waals surface area (Å²) in [6.07, 6.45) is 4.07. The smallest absolute Gasteiger partial charge is 0.290 e. The first kappa shape index (κ1) is 20.5. The molecule has 0 aromatic heterocycles. The topological polar surface area (TPSA) is 102 Å². The van der Waals surface area contributed by atoms with Gasteiger partial charge in [0.15, 0.2) is 0 Å². The number of carbonyl (C=O) groups excluding carboxylic acids is 2. The van der Waals surface area contributed by atoms with Gasteiger partial charge in [0.05, 0.1) is 6.54 Å². The molecule has 160 valence electrons. The zero-order chi connectivity index (χ0) is 21.1. The zero-order valence-electron chi connectivity index (χ0n) is 17.0. The van der Waals surface area contributed by atoms with E-state index in [0.29, 0.717) is 18.3 Å². The summed E-state index contributed by atoms with van der Waals surface area (Å²) in [4.78, 5) is 43.0. The van der Waals surface area contributed by atoms with Crippen LogP contribution in [0.1, 0.15) is 31.2 Å². The number of hydrogen-bond acceptors (Lipinski definition) is 5. The highest BCUT2D eigenvalue weighted by molar-refractivity contribution is 6.15. The molecule has 2 amide bonds. The van der Waals surface area contributed by atoms with Gasteiger partial charge >= 0.3 is 0 Å². The summed E-state index contributed by atoms with van der Waals surface area (Å²) in [5, 5.41) is 9.92. The minimum Gasteiger partial charge on any atom is -0.483 e. The van der Waals surface area contributed by atoms with Gasteiger partial charge in [-0.05, 0) is 31.6 Å². The third kappa shape index (κ3) is 3.71.